The fourth-order valence-corrected chi connectivity index (χ4v) is 2.10. The van der Waals surface area contributed by atoms with Gasteiger partial charge in [0.05, 0.1) is 18.0 Å². The normalized spacial score (nSPS) is 11.3. The van der Waals surface area contributed by atoms with Crippen molar-refractivity contribution in [3.8, 4) is 0 Å². The monoisotopic (exact) mass is 197 g/mol. The van der Waals surface area contributed by atoms with Gasteiger partial charge < -0.3 is 4.74 Å². The van der Waals surface area contributed by atoms with Crippen molar-refractivity contribution in [1.82, 2.24) is 14.6 Å². The van der Waals surface area contributed by atoms with Crippen LogP contribution in [-0.2, 0) is 11.3 Å². The number of nitrogens with zero attached hydrogens (tertiary/aromatic N) is 3. The van der Waals surface area contributed by atoms with Crippen molar-refractivity contribution in [3.05, 3.63) is 16.4 Å². The summed E-state index contributed by atoms with van der Waals surface area (Å²) in [6, 6.07) is 0. The smallest absolute Gasteiger partial charge is 0.212 e. The Morgan fingerprint density at radius 1 is 1.46 bits per heavy atom. The molecule has 4 nitrogen and oxygen atoms in total. The van der Waals surface area contributed by atoms with Crippen LogP contribution in [0.3, 0.4) is 0 Å². The summed E-state index contributed by atoms with van der Waals surface area (Å²) in [7, 11) is 1.68. The molecule has 2 rings (SSSR count). The molecule has 0 atom stereocenters. The lowest BCUT2D eigenvalue weighted by molar-refractivity contribution is 0.179. The summed E-state index contributed by atoms with van der Waals surface area (Å²) in [6.07, 6.45) is 0. The minimum atomic E-state index is 0.566. The third-order valence-corrected chi connectivity index (χ3v) is 2.70. The van der Waals surface area contributed by atoms with Crippen LogP contribution in [0, 0.1) is 13.8 Å². The molecule has 0 spiro atoms. The number of fused-ring (bicyclic) bond motifs is 1. The standard InChI is InChI=1S/C8H11N3OS/c1-5-7(4-12-3)11-8(9-5)13-6(2)10-11/h4H2,1-3H3. The molecular weight excluding hydrogens is 186 g/mol. The second-order valence-electron chi connectivity index (χ2n) is 2.89. The van der Waals surface area contributed by atoms with Crippen LogP contribution >= 0.6 is 11.3 Å². The largest absolute Gasteiger partial charge is 0.378 e. The third kappa shape index (κ3) is 1.34. The molecular formula is C8H11N3OS. The number of imidazole rings is 1. The summed E-state index contributed by atoms with van der Waals surface area (Å²) in [5.74, 6) is 0. The third-order valence-electron chi connectivity index (χ3n) is 1.88. The van der Waals surface area contributed by atoms with Gasteiger partial charge in [0.25, 0.3) is 0 Å². The summed E-state index contributed by atoms with van der Waals surface area (Å²) >= 11 is 1.60. The maximum absolute atomic E-state index is 5.09. The van der Waals surface area contributed by atoms with Gasteiger partial charge in [-0.1, -0.05) is 11.3 Å². The molecule has 0 aliphatic carbocycles. The average Bonchev–Trinajstić information content (AvgIpc) is 2.52. The van der Waals surface area contributed by atoms with Crippen LogP contribution in [0.1, 0.15) is 16.4 Å². The fraction of sp³-hybridized carbons (Fsp3) is 0.500. The number of aryl methyl sites for hydroxylation is 2. The first-order valence-corrected chi connectivity index (χ1v) is 4.84. The fourth-order valence-electron chi connectivity index (χ4n) is 1.29. The number of rotatable bonds is 2. The number of ether oxygens (including phenoxy) is 1. The van der Waals surface area contributed by atoms with E-state index in [0.717, 1.165) is 21.4 Å². The highest BCUT2D eigenvalue weighted by atomic mass is 32.1. The van der Waals surface area contributed by atoms with E-state index in [1.807, 2.05) is 18.4 Å². The van der Waals surface area contributed by atoms with Crippen molar-refractivity contribution in [3.63, 3.8) is 0 Å². The van der Waals surface area contributed by atoms with Crippen molar-refractivity contribution in [2.45, 2.75) is 20.5 Å². The molecule has 13 heavy (non-hydrogen) atoms. The van der Waals surface area contributed by atoms with Crippen LogP contribution < -0.4 is 0 Å². The lowest BCUT2D eigenvalue weighted by atomic mass is 10.4. The van der Waals surface area contributed by atoms with Crippen LogP contribution in [0.25, 0.3) is 4.96 Å². The van der Waals surface area contributed by atoms with Gasteiger partial charge in [-0.25, -0.2) is 9.50 Å². The highest BCUT2D eigenvalue weighted by molar-refractivity contribution is 7.16. The maximum Gasteiger partial charge on any atom is 0.212 e. The Morgan fingerprint density at radius 2 is 2.23 bits per heavy atom. The first-order valence-electron chi connectivity index (χ1n) is 4.03. The molecule has 0 amide bonds. The zero-order valence-electron chi connectivity index (χ0n) is 7.87. The SMILES string of the molecule is COCc1c(C)nc2sc(C)nn12. The summed E-state index contributed by atoms with van der Waals surface area (Å²) in [6.45, 7) is 4.52. The number of aromatic nitrogens is 3. The van der Waals surface area contributed by atoms with Gasteiger partial charge in [-0.05, 0) is 13.8 Å². The molecule has 0 aliphatic rings. The van der Waals surface area contributed by atoms with Gasteiger partial charge in [-0.3, -0.25) is 0 Å². The van der Waals surface area contributed by atoms with E-state index in [-0.39, 0.29) is 0 Å². The first kappa shape index (κ1) is 8.65. The molecule has 70 valence electrons. The minimum absolute atomic E-state index is 0.566. The molecule has 0 radical (unpaired) electrons. The van der Waals surface area contributed by atoms with Gasteiger partial charge in [0.15, 0.2) is 0 Å². The summed E-state index contributed by atoms with van der Waals surface area (Å²) in [5.41, 5.74) is 2.04. The van der Waals surface area contributed by atoms with Crippen molar-refractivity contribution in [2.24, 2.45) is 0 Å². The van der Waals surface area contributed by atoms with E-state index in [1.54, 1.807) is 18.4 Å². The van der Waals surface area contributed by atoms with Gasteiger partial charge >= 0.3 is 0 Å². The molecule has 0 saturated carbocycles. The molecule has 0 saturated heterocycles. The van der Waals surface area contributed by atoms with Crippen LogP contribution in [0.15, 0.2) is 0 Å². The topological polar surface area (TPSA) is 39.4 Å². The van der Waals surface area contributed by atoms with E-state index in [0.29, 0.717) is 6.61 Å². The summed E-state index contributed by atoms with van der Waals surface area (Å²) < 4.78 is 6.95. The molecule has 2 aromatic rings. The molecule has 0 aliphatic heterocycles. The van der Waals surface area contributed by atoms with E-state index in [4.69, 9.17) is 4.74 Å². The lowest BCUT2D eigenvalue weighted by Crippen LogP contribution is -1.97. The van der Waals surface area contributed by atoms with E-state index in [2.05, 4.69) is 10.1 Å². The van der Waals surface area contributed by atoms with E-state index in [9.17, 15) is 0 Å². The summed E-state index contributed by atoms with van der Waals surface area (Å²) in [5, 5.41) is 5.37. The van der Waals surface area contributed by atoms with E-state index in [1.165, 1.54) is 0 Å². The molecule has 0 aromatic carbocycles. The second kappa shape index (κ2) is 3.08. The van der Waals surface area contributed by atoms with Crippen molar-refractivity contribution in [1.29, 1.82) is 0 Å². The molecule has 0 bridgehead atoms. The number of methoxy groups -OCH3 is 1. The molecule has 0 unspecified atom stereocenters. The van der Waals surface area contributed by atoms with Gasteiger partial charge in [-0.15, -0.1) is 0 Å². The molecule has 0 fully saturated rings. The highest BCUT2D eigenvalue weighted by Gasteiger charge is 2.11. The Bertz CT molecular complexity index is 432. The van der Waals surface area contributed by atoms with Crippen molar-refractivity contribution >= 4 is 16.3 Å². The average molecular weight is 197 g/mol. The molecule has 2 aromatic heterocycles. The van der Waals surface area contributed by atoms with Gasteiger partial charge in [0.2, 0.25) is 4.96 Å². The van der Waals surface area contributed by atoms with Crippen molar-refractivity contribution < 1.29 is 4.74 Å². The van der Waals surface area contributed by atoms with Gasteiger partial charge in [0, 0.05) is 7.11 Å². The predicted molar refractivity (Wildman–Crippen MR) is 51.1 cm³/mol. The second-order valence-corrected chi connectivity index (χ2v) is 4.05. The van der Waals surface area contributed by atoms with Crippen molar-refractivity contribution in [2.75, 3.05) is 7.11 Å². The first-order chi connectivity index (χ1) is 6.22. The van der Waals surface area contributed by atoms with E-state index < -0.39 is 0 Å². The zero-order valence-corrected chi connectivity index (χ0v) is 8.68. The lowest BCUT2D eigenvalue weighted by Gasteiger charge is -1.96. The van der Waals surface area contributed by atoms with Gasteiger partial charge in [-0.2, -0.15) is 5.10 Å². The Morgan fingerprint density at radius 3 is 2.92 bits per heavy atom. The number of hydrogen-bond acceptors (Lipinski definition) is 4. The van der Waals surface area contributed by atoms with Crippen LogP contribution in [0.5, 0.6) is 0 Å². The Labute approximate surface area is 80.2 Å². The van der Waals surface area contributed by atoms with E-state index >= 15 is 0 Å². The highest BCUT2D eigenvalue weighted by Crippen LogP contribution is 2.17. The molecule has 2 heterocycles. The minimum Gasteiger partial charge on any atom is -0.378 e. The number of hydrogen-bond donors (Lipinski definition) is 0. The maximum atomic E-state index is 5.09. The van der Waals surface area contributed by atoms with Crippen LogP contribution in [-0.4, -0.2) is 21.7 Å². The Hall–Kier alpha value is -0.940. The Kier molecular flexibility index (Phi) is 2.05. The van der Waals surface area contributed by atoms with Gasteiger partial charge in [0.1, 0.15) is 5.01 Å². The van der Waals surface area contributed by atoms with Crippen LogP contribution in [0.2, 0.25) is 0 Å². The molecule has 0 N–H and O–H groups in total. The molecule has 5 heteroatoms. The predicted octanol–water partition coefficient (Wildman–Crippen LogP) is 1.55. The Balaban J connectivity index is 2.61. The zero-order chi connectivity index (χ0) is 9.42. The quantitative estimate of drug-likeness (QED) is 0.733. The van der Waals surface area contributed by atoms with Crippen LogP contribution in [0.4, 0.5) is 0 Å². The summed E-state index contributed by atoms with van der Waals surface area (Å²) in [4.78, 5) is 5.34.